The number of imide groups is 1. The van der Waals surface area contributed by atoms with Crippen LogP contribution in [-0.4, -0.2) is 19.7 Å². The first kappa shape index (κ1) is 11.4. The Bertz CT molecular complexity index is 446. The number of carbonyl (C=O) groups is 2. The molecule has 0 saturated carbocycles. The zero-order valence-electron chi connectivity index (χ0n) is 8.50. The molecule has 1 aliphatic heterocycles. The first-order chi connectivity index (χ1) is 7.52. The van der Waals surface area contributed by atoms with Crippen molar-refractivity contribution in [2.24, 2.45) is 0 Å². The predicted octanol–water partition coefficient (Wildman–Crippen LogP) is 1.25. The highest BCUT2D eigenvalue weighted by Crippen LogP contribution is 2.29. The van der Waals surface area contributed by atoms with Crippen LogP contribution in [0.15, 0.2) is 28.7 Å². The molecule has 3 nitrogen and oxygen atoms in total. The second kappa shape index (κ2) is 4.05. The van der Waals surface area contributed by atoms with Crippen LogP contribution in [0.1, 0.15) is 18.4 Å². The average Bonchev–Trinajstić information content (AvgIpc) is 2.25. The Morgan fingerprint density at radius 1 is 1.25 bits per heavy atom. The smallest absolute Gasteiger partial charge is 0.228 e. The third-order valence-electron chi connectivity index (χ3n) is 2.76. The van der Waals surface area contributed by atoms with Gasteiger partial charge in [0.2, 0.25) is 11.8 Å². The number of rotatable bonds is 1. The first-order valence-corrected chi connectivity index (χ1v) is 5.71. The molecule has 0 aliphatic carbocycles. The van der Waals surface area contributed by atoms with Gasteiger partial charge >= 0.3 is 0 Å². The molecule has 1 aromatic rings. The minimum Gasteiger partial charge on any atom is -0.296 e. The van der Waals surface area contributed by atoms with Crippen LogP contribution < -0.4 is 5.32 Å². The molecule has 0 bridgehead atoms. The molecule has 1 atom stereocenters. The van der Waals surface area contributed by atoms with Crippen molar-refractivity contribution in [2.75, 3.05) is 0 Å². The molecule has 1 saturated heterocycles. The van der Waals surface area contributed by atoms with E-state index in [1.165, 1.54) is 0 Å². The lowest BCUT2D eigenvalue weighted by Gasteiger charge is -2.32. The maximum Gasteiger partial charge on any atom is 0.228 e. The van der Waals surface area contributed by atoms with Crippen molar-refractivity contribution < 1.29 is 9.59 Å². The predicted molar refractivity (Wildman–Crippen MR) is 64.0 cm³/mol. The van der Waals surface area contributed by atoms with Crippen LogP contribution >= 0.6 is 15.9 Å². The number of carbonyl (C=O) groups excluding carboxylic acids is 2. The molecule has 1 fully saturated rings. The van der Waals surface area contributed by atoms with Crippen molar-refractivity contribution in [3.8, 4) is 0 Å². The molecule has 80 valence electrons. The molecule has 1 aromatic carbocycles. The fourth-order valence-electron chi connectivity index (χ4n) is 1.75. The summed E-state index contributed by atoms with van der Waals surface area (Å²) in [5.74, 6) is -0.686. The third kappa shape index (κ3) is 1.91. The van der Waals surface area contributed by atoms with E-state index < -0.39 is 11.2 Å². The summed E-state index contributed by atoms with van der Waals surface area (Å²) in [4.78, 5) is 22.8. The monoisotopic (exact) mass is 277 g/mol. The van der Waals surface area contributed by atoms with Gasteiger partial charge in [-0.25, -0.2) is 0 Å². The summed E-state index contributed by atoms with van der Waals surface area (Å²) in [6.07, 6.45) is 0.623. The van der Waals surface area contributed by atoms with Crippen molar-refractivity contribution in [1.29, 1.82) is 0 Å². The largest absolute Gasteiger partial charge is 0.296 e. The summed E-state index contributed by atoms with van der Waals surface area (Å²) in [6.45, 7) is 0. The summed E-state index contributed by atoms with van der Waals surface area (Å²) in [5.41, 5.74) is 0.723. The van der Waals surface area contributed by atoms with Gasteiger partial charge in [0.25, 0.3) is 0 Å². The van der Waals surface area contributed by atoms with Crippen LogP contribution in [0.3, 0.4) is 0 Å². The van der Waals surface area contributed by atoms with Gasteiger partial charge in [0, 0.05) is 16.2 Å². The van der Waals surface area contributed by atoms with Gasteiger partial charge < -0.3 is 0 Å². The summed E-state index contributed by atoms with van der Waals surface area (Å²) in [6, 6.07) is 7.24. The van der Waals surface area contributed by atoms with E-state index in [1.807, 2.05) is 12.1 Å². The molecule has 1 N–H and O–H groups in total. The molecular weight excluding hydrogens is 269 g/mol. The highest BCUT2D eigenvalue weighted by molar-refractivity contribution is 9.10. The summed E-state index contributed by atoms with van der Waals surface area (Å²) >= 11 is 3.32. The van der Waals surface area contributed by atoms with Gasteiger partial charge in [-0.1, -0.05) is 28.1 Å². The number of piperidine rings is 1. The van der Waals surface area contributed by atoms with Crippen molar-refractivity contribution in [2.45, 2.75) is 18.2 Å². The summed E-state index contributed by atoms with van der Waals surface area (Å²) in [7, 11) is 6.06. The lowest BCUT2D eigenvalue weighted by molar-refractivity contribution is -0.135. The van der Waals surface area contributed by atoms with Gasteiger partial charge in [0.15, 0.2) is 0 Å². The fraction of sp³-hybridized carbons (Fsp3) is 0.273. The highest BCUT2D eigenvalue weighted by atomic mass is 79.9. The van der Waals surface area contributed by atoms with E-state index in [-0.39, 0.29) is 12.3 Å². The quantitative estimate of drug-likeness (QED) is 0.620. The van der Waals surface area contributed by atoms with Crippen molar-refractivity contribution in [3.63, 3.8) is 0 Å². The molecule has 0 aromatic heterocycles. The number of halogens is 1. The Labute approximate surface area is 103 Å². The van der Waals surface area contributed by atoms with Gasteiger partial charge in [-0.2, -0.15) is 0 Å². The molecular formula is C11H9BBrNO2. The number of hydrogen-bond acceptors (Lipinski definition) is 2. The van der Waals surface area contributed by atoms with E-state index in [2.05, 4.69) is 21.2 Å². The Kier molecular flexibility index (Phi) is 2.89. The van der Waals surface area contributed by atoms with E-state index in [4.69, 9.17) is 7.85 Å². The molecule has 5 heteroatoms. The van der Waals surface area contributed by atoms with Crippen LogP contribution in [-0.2, 0) is 14.9 Å². The maximum atomic E-state index is 11.7. The molecule has 1 aliphatic rings. The average molecular weight is 278 g/mol. The molecule has 0 spiro atoms. The number of nitrogens with one attached hydrogen (secondary N) is 1. The molecule has 2 rings (SSSR count). The van der Waals surface area contributed by atoms with Gasteiger partial charge in [-0.15, -0.1) is 0 Å². The van der Waals surface area contributed by atoms with E-state index in [1.54, 1.807) is 12.1 Å². The Morgan fingerprint density at radius 2 is 1.88 bits per heavy atom. The molecule has 1 unspecified atom stereocenters. The first-order valence-electron chi connectivity index (χ1n) is 4.91. The van der Waals surface area contributed by atoms with E-state index in [0.29, 0.717) is 6.42 Å². The third-order valence-corrected chi connectivity index (χ3v) is 3.29. The van der Waals surface area contributed by atoms with Crippen LogP contribution in [0.2, 0.25) is 0 Å². The highest BCUT2D eigenvalue weighted by Gasteiger charge is 2.38. The molecule has 2 radical (unpaired) electrons. The number of hydrogen-bond donors (Lipinski definition) is 1. The van der Waals surface area contributed by atoms with Crippen LogP contribution in [0, 0.1) is 0 Å². The standard InChI is InChI=1S/C11H9BBrNO2/c12-11(6-5-9(15)14-10(11)16)7-1-3-8(13)4-2-7/h1-4H,5-6H2,(H,14,15,16). The van der Waals surface area contributed by atoms with Gasteiger partial charge in [-0.05, 0) is 24.1 Å². The number of benzene rings is 1. The normalized spacial score (nSPS) is 25.3. The maximum absolute atomic E-state index is 11.7. The fourth-order valence-corrected chi connectivity index (χ4v) is 2.01. The second-order valence-electron chi connectivity index (χ2n) is 3.86. The van der Waals surface area contributed by atoms with Gasteiger partial charge in [0.1, 0.15) is 0 Å². The second-order valence-corrected chi connectivity index (χ2v) is 4.77. The van der Waals surface area contributed by atoms with E-state index in [0.717, 1.165) is 10.0 Å². The topological polar surface area (TPSA) is 46.2 Å². The Morgan fingerprint density at radius 3 is 2.44 bits per heavy atom. The summed E-state index contributed by atoms with van der Waals surface area (Å²) < 4.78 is 0.923. The Hall–Kier alpha value is -1.10. The minimum atomic E-state index is -1.09. The van der Waals surface area contributed by atoms with Gasteiger partial charge in [-0.3, -0.25) is 14.9 Å². The zero-order chi connectivity index (χ0) is 11.8. The van der Waals surface area contributed by atoms with Crippen molar-refractivity contribution in [3.05, 3.63) is 34.3 Å². The van der Waals surface area contributed by atoms with Gasteiger partial charge in [0.05, 0.1) is 7.85 Å². The molecule has 1 heterocycles. The van der Waals surface area contributed by atoms with Crippen molar-refractivity contribution in [1.82, 2.24) is 5.32 Å². The Balaban J connectivity index is 2.34. The molecule has 16 heavy (non-hydrogen) atoms. The SMILES string of the molecule is [B]C1(c2ccc(Br)cc2)CCC(=O)NC1=O. The number of amides is 2. The lowest BCUT2D eigenvalue weighted by Crippen LogP contribution is -2.51. The van der Waals surface area contributed by atoms with Crippen LogP contribution in [0.25, 0.3) is 0 Å². The van der Waals surface area contributed by atoms with Crippen LogP contribution in [0.4, 0.5) is 0 Å². The minimum absolute atomic E-state index is 0.261. The zero-order valence-corrected chi connectivity index (χ0v) is 10.1. The van der Waals surface area contributed by atoms with E-state index >= 15 is 0 Å². The summed E-state index contributed by atoms with van der Waals surface area (Å²) in [5, 5.41) is 1.18. The van der Waals surface area contributed by atoms with E-state index in [9.17, 15) is 9.59 Å². The lowest BCUT2D eigenvalue weighted by atomic mass is 9.59. The van der Waals surface area contributed by atoms with Crippen molar-refractivity contribution >= 4 is 35.6 Å². The van der Waals surface area contributed by atoms with Crippen LogP contribution in [0.5, 0.6) is 0 Å². The molecule has 2 amide bonds.